The maximum Gasteiger partial charge on any atom is 0.274 e. The largest absolute Gasteiger partial charge is 0.359 e. The van der Waals surface area contributed by atoms with E-state index in [-0.39, 0.29) is 49.3 Å². The van der Waals surface area contributed by atoms with Crippen LogP contribution in [0, 0.1) is 5.92 Å². The summed E-state index contributed by atoms with van der Waals surface area (Å²) >= 11 is 0. The van der Waals surface area contributed by atoms with E-state index in [4.69, 9.17) is 4.52 Å². The van der Waals surface area contributed by atoms with E-state index in [1.807, 2.05) is 44.2 Å². The van der Waals surface area contributed by atoms with Gasteiger partial charge in [0, 0.05) is 31.1 Å². The van der Waals surface area contributed by atoms with Gasteiger partial charge < -0.3 is 30.7 Å². The van der Waals surface area contributed by atoms with Gasteiger partial charge in [-0.1, -0.05) is 67.5 Å². The third-order valence-corrected chi connectivity index (χ3v) is 7.12. The van der Waals surface area contributed by atoms with Gasteiger partial charge in [0.15, 0.2) is 11.5 Å². The van der Waals surface area contributed by atoms with Crippen LogP contribution >= 0.6 is 0 Å². The van der Waals surface area contributed by atoms with E-state index >= 15 is 0 Å². The summed E-state index contributed by atoms with van der Waals surface area (Å²) in [6.45, 7) is 5.47. The van der Waals surface area contributed by atoms with Crippen molar-refractivity contribution in [1.29, 1.82) is 0 Å². The Kier molecular flexibility index (Phi) is 10.8. The maximum atomic E-state index is 13.5. The van der Waals surface area contributed by atoms with Crippen LogP contribution in [-0.4, -0.2) is 70.8 Å². The van der Waals surface area contributed by atoms with Crippen molar-refractivity contribution in [3.05, 3.63) is 89.3 Å². The van der Waals surface area contributed by atoms with E-state index < -0.39 is 41.8 Å². The van der Waals surface area contributed by atoms with Gasteiger partial charge in [-0.3, -0.25) is 24.0 Å². The van der Waals surface area contributed by atoms with Crippen LogP contribution in [0.2, 0.25) is 0 Å². The number of benzene rings is 2. The highest BCUT2D eigenvalue weighted by Crippen LogP contribution is 2.13. The Morgan fingerprint density at radius 2 is 1.57 bits per heavy atom. The average molecular weight is 603 g/mol. The molecule has 3 atom stereocenters. The van der Waals surface area contributed by atoms with Crippen molar-refractivity contribution in [2.24, 2.45) is 5.92 Å². The Bertz CT molecular complexity index is 1460. The Morgan fingerprint density at radius 1 is 0.909 bits per heavy atom. The van der Waals surface area contributed by atoms with Crippen LogP contribution < -0.4 is 21.3 Å². The summed E-state index contributed by atoms with van der Waals surface area (Å²) in [7, 11) is 0. The first-order valence-corrected chi connectivity index (χ1v) is 14.6. The molecular weight excluding hydrogens is 564 g/mol. The van der Waals surface area contributed by atoms with E-state index in [0.29, 0.717) is 12.0 Å². The molecule has 4 rings (SSSR count). The van der Waals surface area contributed by atoms with Crippen molar-refractivity contribution >= 4 is 29.5 Å². The van der Waals surface area contributed by atoms with Gasteiger partial charge in [-0.25, -0.2) is 0 Å². The summed E-state index contributed by atoms with van der Waals surface area (Å²) in [5.74, 6) is -2.21. The zero-order chi connectivity index (χ0) is 31.6. The van der Waals surface area contributed by atoms with Gasteiger partial charge in [0.05, 0.1) is 6.54 Å². The van der Waals surface area contributed by atoms with Gasteiger partial charge in [-0.15, -0.1) is 0 Å². The Hall–Kier alpha value is -5.00. The second kappa shape index (κ2) is 14.9. The van der Waals surface area contributed by atoms with Crippen LogP contribution in [0.15, 0.2) is 71.3 Å². The van der Waals surface area contributed by atoms with Crippen LogP contribution in [0.3, 0.4) is 0 Å². The molecule has 0 spiro atoms. The molecule has 1 aliphatic heterocycles. The summed E-state index contributed by atoms with van der Waals surface area (Å²) in [5.41, 5.74) is 1.20. The first-order chi connectivity index (χ1) is 21.1. The lowest BCUT2D eigenvalue weighted by Crippen LogP contribution is -2.57. The minimum atomic E-state index is -1.01. The standard InChI is InChI=1S/C32H38N6O6/c1-20(2)16-25-30(41)36-26(17-22-10-6-4-7-11-22)29(40)33-14-15-38(32(43)23-12-8-5-9-13-23)19-24-18-27(37-44-24)31(42)34-21(3)28(39)35-25/h4-13,18,20-21,25-26H,14-17,19H2,1-3H3,(H,33,40)(H,34,42)(H,35,39)(H,36,41)/t21-,25-,26-/m1/s1. The van der Waals surface area contributed by atoms with Gasteiger partial charge in [-0.05, 0) is 37.0 Å². The quantitative estimate of drug-likeness (QED) is 0.346. The first-order valence-electron chi connectivity index (χ1n) is 14.6. The maximum absolute atomic E-state index is 13.5. The number of rotatable bonds is 5. The number of hydrogen-bond acceptors (Lipinski definition) is 7. The first kappa shape index (κ1) is 31.9. The molecule has 12 heteroatoms. The summed E-state index contributed by atoms with van der Waals surface area (Å²) in [6, 6.07) is 16.4. The monoisotopic (exact) mass is 602 g/mol. The second-order valence-electron chi connectivity index (χ2n) is 11.2. The molecule has 0 unspecified atom stereocenters. The molecule has 232 valence electrons. The molecule has 0 saturated carbocycles. The molecule has 0 fully saturated rings. The molecule has 12 nitrogen and oxygen atoms in total. The van der Waals surface area contributed by atoms with Crippen molar-refractivity contribution in [3.8, 4) is 0 Å². The van der Waals surface area contributed by atoms with Crippen LogP contribution in [0.4, 0.5) is 0 Å². The fourth-order valence-corrected chi connectivity index (χ4v) is 4.80. The third kappa shape index (κ3) is 8.76. The minimum Gasteiger partial charge on any atom is -0.359 e. The molecule has 0 radical (unpaired) electrons. The van der Waals surface area contributed by atoms with Crippen LogP contribution in [0.5, 0.6) is 0 Å². The van der Waals surface area contributed by atoms with Crippen LogP contribution in [0.1, 0.15) is 59.4 Å². The van der Waals surface area contributed by atoms with Crippen molar-refractivity contribution < 1.29 is 28.5 Å². The smallest absolute Gasteiger partial charge is 0.274 e. The van der Waals surface area contributed by atoms with Crippen LogP contribution in [0.25, 0.3) is 0 Å². The van der Waals surface area contributed by atoms with Crippen molar-refractivity contribution in [2.45, 2.75) is 58.3 Å². The van der Waals surface area contributed by atoms with Crippen LogP contribution in [-0.2, 0) is 27.3 Å². The van der Waals surface area contributed by atoms with Gasteiger partial charge in [-0.2, -0.15) is 0 Å². The summed E-state index contributed by atoms with van der Waals surface area (Å²) in [5, 5.41) is 14.8. The highest BCUT2D eigenvalue weighted by molar-refractivity contribution is 5.98. The Morgan fingerprint density at radius 3 is 2.25 bits per heavy atom. The van der Waals surface area contributed by atoms with Gasteiger partial charge >= 0.3 is 0 Å². The lowest BCUT2D eigenvalue weighted by molar-refractivity contribution is -0.132. The SMILES string of the molecule is CC(C)C[C@H]1NC(=O)[C@@H](C)NC(=O)c2cc(on2)CN(C(=O)c2ccccc2)CCNC(=O)[C@@H](Cc2ccccc2)NC1=O. The third-order valence-electron chi connectivity index (χ3n) is 7.12. The Balaban J connectivity index is 1.64. The molecule has 3 aromatic rings. The van der Waals surface area contributed by atoms with Crippen molar-refractivity contribution in [2.75, 3.05) is 13.1 Å². The Labute approximate surface area is 255 Å². The number of carbonyl (C=O) groups is 5. The minimum absolute atomic E-state index is 0.0268. The fraction of sp³-hybridized carbons (Fsp3) is 0.375. The van der Waals surface area contributed by atoms with E-state index in [1.165, 1.54) is 17.9 Å². The summed E-state index contributed by atoms with van der Waals surface area (Å²) in [4.78, 5) is 67.8. The number of nitrogens with zero attached hydrogens (tertiary/aromatic N) is 2. The summed E-state index contributed by atoms with van der Waals surface area (Å²) < 4.78 is 5.36. The normalized spacial score (nSPS) is 20.5. The number of aromatic nitrogens is 1. The molecule has 5 amide bonds. The lowest BCUT2D eigenvalue weighted by Gasteiger charge is -2.26. The molecule has 0 saturated heterocycles. The van der Waals surface area contributed by atoms with Crippen molar-refractivity contribution in [1.82, 2.24) is 31.3 Å². The summed E-state index contributed by atoms with van der Waals surface area (Å²) in [6.07, 6.45) is 0.516. The molecule has 0 aliphatic carbocycles. The molecule has 1 aromatic heterocycles. The topological polar surface area (TPSA) is 163 Å². The number of carbonyl (C=O) groups excluding carboxylic acids is 5. The van der Waals surface area contributed by atoms with Gasteiger partial charge in [0.2, 0.25) is 17.7 Å². The molecule has 2 bridgehead atoms. The number of hydrogen-bond donors (Lipinski definition) is 4. The van der Waals surface area contributed by atoms with E-state index in [0.717, 1.165) is 5.56 Å². The van der Waals surface area contributed by atoms with Gasteiger partial charge in [0.25, 0.3) is 11.8 Å². The molecular formula is C32H38N6O6. The highest BCUT2D eigenvalue weighted by atomic mass is 16.5. The number of nitrogens with one attached hydrogen (secondary N) is 4. The predicted molar refractivity (Wildman–Crippen MR) is 161 cm³/mol. The molecule has 44 heavy (non-hydrogen) atoms. The predicted octanol–water partition coefficient (Wildman–Crippen LogP) is 1.82. The van der Waals surface area contributed by atoms with E-state index in [2.05, 4.69) is 26.4 Å². The molecule has 2 aromatic carbocycles. The number of fused-ring (bicyclic) bond motifs is 2. The lowest BCUT2D eigenvalue weighted by atomic mass is 10.0. The van der Waals surface area contributed by atoms with E-state index in [1.54, 1.807) is 30.3 Å². The average Bonchev–Trinajstić information content (AvgIpc) is 3.48. The fourth-order valence-electron chi connectivity index (χ4n) is 4.80. The zero-order valence-corrected chi connectivity index (χ0v) is 25.0. The highest BCUT2D eigenvalue weighted by Gasteiger charge is 2.30. The molecule has 4 N–H and O–H groups in total. The number of amides is 5. The van der Waals surface area contributed by atoms with Crippen molar-refractivity contribution in [3.63, 3.8) is 0 Å². The van der Waals surface area contributed by atoms with E-state index in [9.17, 15) is 24.0 Å². The second-order valence-corrected chi connectivity index (χ2v) is 11.2. The molecule has 1 aliphatic rings. The molecule has 2 heterocycles. The zero-order valence-electron chi connectivity index (χ0n) is 25.0. The van der Waals surface area contributed by atoms with Gasteiger partial charge in [0.1, 0.15) is 18.1 Å².